The Kier molecular flexibility index (Phi) is 4.09. The lowest BCUT2D eigenvalue weighted by Crippen LogP contribution is -2.62. The fourth-order valence-corrected chi connectivity index (χ4v) is 3.11. The molecule has 0 radical (unpaired) electrons. The van der Waals surface area contributed by atoms with Gasteiger partial charge in [-0.15, -0.1) is 0 Å². The van der Waals surface area contributed by atoms with Crippen molar-refractivity contribution >= 4 is 11.6 Å². The molecular formula is C16H28N2O2. The minimum absolute atomic E-state index is 0.0369. The topological polar surface area (TPSA) is 58.2 Å². The standard InChI is InChI=1S/C16H28N2O2/c1-15(2,3)14(20)12-10(9-18-12)8-16(4,5)13(19)11-6-7-17-11/h10-12,17-18H,6-9H2,1-5H3/t10?,11?,12-/m1/s1. The number of carbonyl (C=O) groups is 2. The second-order valence-electron chi connectivity index (χ2n) is 8.01. The summed E-state index contributed by atoms with van der Waals surface area (Å²) in [5, 5.41) is 6.43. The Hall–Kier alpha value is -0.740. The van der Waals surface area contributed by atoms with E-state index in [0.717, 1.165) is 25.9 Å². The van der Waals surface area contributed by atoms with Gasteiger partial charge in [0.1, 0.15) is 0 Å². The highest BCUT2D eigenvalue weighted by Crippen LogP contribution is 2.35. The van der Waals surface area contributed by atoms with Gasteiger partial charge in [0.2, 0.25) is 0 Å². The molecule has 2 heterocycles. The first-order valence-electron chi connectivity index (χ1n) is 7.68. The van der Waals surface area contributed by atoms with Crippen molar-refractivity contribution in [3.05, 3.63) is 0 Å². The summed E-state index contributed by atoms with van der Waals surface area (Å²) in [6.07, 6.45) is 1.75. The van der Waals surface area contributed by atoms with E-state index in [-0.39, 0.29) is 28.7 Å². The van der Waals surface area contributed by atoms with Gasteiger partial charge < -0.3 is 10.6 Å². The van der Waals surface area contributed by atoms with E-state index in [1.54, 1.807) is 0 Å². The Balaban J connectivity index is 1.95. The van der Waals surface area contributed by atoms with Gasteiger partial charge in [-0.05, 0) is 25.3 Å². The van der Waals surface area contributed by atoms with Crippen LogP contribution >= 0.6 is 0 Å². The highest BCUT2D eigenvalue weighted by Gasteiger charge is 2.45. The van der Waals surface area contributed by atoms with Crippen molar-refractivity contribution in [2.45, 2.75) is 59.5 Å². The third-order valence-electron chi connectivity index (χ3n) is 4.67. The molecule has 2 aliphatic rings. The Morgan fingerprint density at radius 1 is 1.05 bits per heavy atom. The second kappa shape index (κ2) is 5.23. The lowest BCUT2D eigenvalue weighted by Gasteiger charge is -2.44. The molecule has 4 heteroatoms. The molecule has 4 nitrogen and oxygen atoms in total. The molecule has 2 aliphatic heterocycles. The molecule has 3 atom stereocenters. The van der Waals surface area contributed by atoms with Gasteiger partial charge in [-0.1, -0.05) is 34.6 Å². The number of ketones is 2. The lowest BCUT2D eigenvalue weighted by molar-refractivity contribution is -0.136. The van der Waals surface area contributed by atoms with Gasteiger partial charge in [0.15, 0.2) is 11.6 Å². The summed E-state index contributed by atoms with van der Waals surface area (Å²) in [6, 6.07) is -0.0359. The molecule has 0 amide bonds. The highest BCUT2D eigenvalue weighted by atomic mass is 16.1. The van der Waals surface area contributed by atoms with E-state index in [2.05, 4.69) is 10.6 Å². The van der Waals surface area contributed by atoms with E-state index in [1.807, 2.05) is 34.6 Å². The fraction of sp³-hybridized carbons (Fsp3) is 0.875. The van der Waals surface area contributed by atoms with Crippen LogP contribution in [0, 0.1) is 16.7 Å². The van der Waals surface area contributed by atoms with Crippen LogP contribution in [0.2, 0.25) is 0 Å². The molecule has 114 valence electrons. The maximum absolute atomic E-state index is 12.4. The van der Waals surface area contributed by atoms with Crippen molar-refractivity contribution in [1.82, 2.24) is 10.6 Å². The summed E-state index contributed by atoms with van der Waals surface area (Å²) in [6.45, 7) is 11.7. The Labute approximate surface area is 122 Å². The van der Waals surface area contributed by atoms with Gasteiger partial charge in [0.05, 0.1) is 12.1 Å². The Morgan fingerprint density at radius 3 is 2.00 bits per heavy atom. The van der Waals surface area contributed by atoms with Gasteiger partial charge in [-0.2, -0.15) is 0 Å². The molecule has 2 fully saturated rings. The minimum atomic E-state index is -0.346. The summed E-state index contributed by atoms with van der Waals surface area (Å²) in [4.78, 5) is 24.8. The summed E-state index contributed by atoms with van der Waals surface area (Å²) in [5.74, 6) is 0.858. The van der Waals surface area contributed by atoms with Crippen molar-refractivity contribution in [3.63, 3.8) is 0 Å². The third-order valence-corrected chi connectivity index (χ3v) is 4.67. The largest absolute Gasteiger partial charge is 0.307 e. The van der Waals surface area contributed by atoms with E-state index in [0.29, 0.717) is 11.7 Å². The van der Waals surface area contributed by atoms with Crippen LogP contribution in [-0.4, -0.2) is 36.7 Å². The van der Waals surface area contributed by atoms with Gasteiger partial charge in [-0.3, -0.25) is 9.59 Å². The molecule has 2 rings (SSSR count). The molecule has 0 aromatic heterocycles. The molecule has 2 saturated heterocycles. The van der Waals surface area contributed by atoms with E-state index in [9.17, 15) is 9.59 Å². The normalized spacial score (nSPS) is 30.4. The van der Waals surface area contributed by atoms with Crippen LogP contribution < -0.4 is 10.6 Å². The number of rotatable bonds is 5. The maximum Gasteiger partial charge on any atom is 0.155 e. The summed E-state index contributed by atoms with van der Waals surface area (Å²) in [5.41, 5.74) is -0.665. The van der Waals surface area contributed by atoms with Gasteiger partial charge in [0.25, 0.3) is 0 Å². The first-order chi connectivity index (χ1) is 9.13. The van der Waals surface area contributed by atoms with Crippen LogP contribution in [-0.2, 0) is 9.59 Å². The monoisotopic (exact) mass is 280 g/mol. The summed E-state index contributed by atoms with van der Waals surface area (Å²) in [7, 11) is 0. The van der Waals surface area contributed by atoms with Gasteiger partial charge in [0, 0.05) is 17.4 Å². The molecular weight excluding hydrogens is 252 g/mol. The zero-order chi connectivity index (χ0) is 15.1. The van der Waals surface area contributed by atoms with Crippen LogP contribution in [0.1, 0.15) is 47.5 Å². The molecule has 0 aliphatic carbocycles. The number of hydrogen-bond donors (Lipinski definition) is 2. The predicted octanol–water partition coefficient (Wildman–Crippen LogP) is 1.54. The first-order valence-corrected chi connectivity index (χ1v) is 7.68. The average molecular weight is 280 g/mol. The zero-order valence-corrected chi connectivity index (χ0v) is 13.4. The first kappa shape index (κ1) is 15.6. The average Bonchev–Trinajstić information content (AvgIpc) is 2.20. The number of carbonyl (C=O) groups excluding carboxylic acids is 2. The van der Waals surface area contributed by atoms with Crippen molar-refractivity contribution in [1.29, 1.82) is 0 Å². The van der Waals surface area contributed by atoms with Crippen LogP contribution in [0.3, 0.4) is 0 Å². The molecule has 2 unspecified atom stereocenters. The van der Waals surface area contributed by atoms with E-state index >= 15 is 0 Å². The number of Topliss-reactive ketones (excluding diaryl/α,β-unsaturated/α-hetero) is 2. The van der Waals surface area contributed by atoms with Crippen LogP contribution in [0.4, 0.5) is 0 Å². The Morgan fingerprint density at radius 2 is 1.65 bits per heavy atom. The highest BCUT2D eigenvalue weighted by molar-refractivity contribution is 5.91. The predicted molar refractivity (Wildman–Crippen MR) is 79.6 cm³/mol. The lowest BCUT2D eigenvalue weighted by atomic mass is 9.68. The van der Waals surface area contributed by atoms with Crippen LogP contribution in [0.25, 0.3) is 0 Å². The van der Waals surface area contributed by atoms with Crippen molar-refractivity contribution in [3.8, 4) is 0 Å². The van der Waals surface area contributed by atoms with Crippen LogP contribution in [0.15, 0.2) is 0 Å². The van der Waals surface area contributed by atoms with Gasteiger partial charge in [-0.25, -0.2) is 0 Å². The summed E-state index contributed by atoms with van der Waals surface area (Å²) >= 11 is 0. The quantitative estimate of drug-likeness (QED) is 0.802. The van der Waals surface area contributed by atoms with Crippen molar-refractivity contribution in [2.24, 2.45) is 16.7 Å². The van der Waals surface area contributed by atoms with Gasteiger partial charge >= 0.3 is 0 Å². The van der Waals surface area contributed by atoms with E-state index in [4.69, 9.17) is 0 Å². The van der Waals surface area contributed by atoms with E-state index < -0.39 is 0 Å². The number of hydrogen-bond acceptors (Lipinski definition) is 4. The molecule has 20 heavy (non-hydrogen) atoms. The third kappa shape index (κ3) is 2.96. The fourth-order valence-electron chi connectivity index (χ4n) is 3.11. The molecule has 0 saturated carbocycles. The maximum atomic E-state index is 12.4. The molecule has 0 aromatic carbocycles. The molecule has 2 N–H and O–H groups in total. The smallest absolute Gasteiger partial charge is 0.155 e. The summed E-state index contributed by atoms with van der Waals surface area (Å²) < 4.78 is 0. The van der Waals surface area contributed by atoms with Crippen LogP contribution in [0.5, 0.6) is 0 Å². The minimum Gasteiger partial charge on any atom is -0.307 e. The Bertz CT molecular complexity index is 405. The SMILES string of the molecule is CC(C)(C)C(=O)[C@@H]1NCC1CC(C)(C)C(=O)C1CCN1. The second-order valence-corrected chi connectivity index (χ2v) is 8.01. The molecule has 0 bridgehead atoms. The van der Waals surface area contributed by atoms with Crippen molar-refractivity contribution < 1.29 is 9.59 Å². The number of nitrogens with one attached hydrogen (secondary N) is 2. The molecule has 0 aromatic rings. The zero-order valence-electron chi connectivity index (χ0n) is 13.4. The van der Waals surface area contributed by atoms with E-state index in [1.165, 1.54) is 0 Å². The molecule has 0 spiro atoms. The van der Waals surface area contributed by atoms with Crippen molar-refractivity contribution in [2.75, 3.05) is 13.1 Å².